The highest BCUT2D eigenvalue weighted by atomic mass is 32.1. The quantitative estimate of drug-likeness (QED) is 0.462. The van der Waals surface area contributed by atoms with Crippen molar-refractivity contribution >= 4 is 39.2 Å². The van der Waals surface area contributed by atoms with E-state index in [1.54, 1.807) is 6.07 Å². The zero-order valence-electron chi connectivity index (χ0n) is 16.6. The number of rotatable bonds is 6. The lowest BCUT2D eigenvalue weighted by Crippen LogP contribution is -2.43. The third kappa shape index (κ3) is 4.52. The molecule has 9 heteroatoms. The highest BCUT2D eigenvalue weighted by Gasteiger charge is 2.18. The summed E-state index contributed by atoms with van der Waals surface area (Å²) < 4.78 is 16.3. The second-order valence-electron chi connectivity index (χ2n) is 6.20. The van der Waals surface area contributed by atoms with Gasteiger partial charge in [0, 0.05) is 10.3 Å². The molecule has 8 nitrogen and oxygen atoms in total. The second-order valence-corrected chi connectivity index (χ2v) is 7.25. The van der Waals surface area contributed by atoms with Crippen LogP contribution in [-0.2, 0) is 9.53 Å². The Balaban J connectivity index is 1.54. The van der Waals surface area contributed by atoms with Crippen LogP contribution in [0.3, 0.4) is 0 Å². The highest BCUT2D eigenvalue weighted by molar-refractivity contribution is 7.21. The molecule has 2 N–H and O–H groups in total. The second kappa shape index (κ2) is 9.27. The molecule has 0 aliphatic carbocycles. The first-order chi connectivity index (χ1) is 14.4. The van der Waals surface area contributed by atoms with Crippen LogP contribution in [0.15, 0.2) is 42.5 Å². The van der Waals surface area contributed by atoms with Crippen LogP contribution >= 0.6 is 11.3 Å². The molecule has 0 saturated heterocycles. The van der Waals surface area contributed by atoms with Gasteiger partial charge in [0.1, 0.15) is 4.88 Å². The summed E-state index contributed by atoms with van der Waals surface area (Å²) in [7, 11) is 2.94. The average Bonchev–Trinajstić information content (AvgIpc) is 3.12. The maximum absolute atomic E-state index is 12.3. The zero-order chi connectivity index (χ0) is 21.7. The summed E-state index contributed by atoms with van der Waals surface area (Å²) >= 11 is 1.31. The van der Waals surface area contributed by atoms with Crippen molar-refractivity contribution in [3.8, 4) is 11.5 Å². The van der Waals surface area contributed by atoms with Crippen LogP contribution in [0.5, 0.6) is 11.5 Å². The maximum Gasteiger partial charge on any atom is 0.349 e. The van der Waals surface area contributed by atoms with E-state index >= 15 is 0 Å². The van der Waals surface area contributed by atoms with E-state index in [0.29, 0.717) is 16.4 Å². The van der Waals surface area contributed by atoms with Gasteiger partial charge >= 0.3 is 5.97 Å². The number of methoxy groups -OCH3 is 2. The third-order valence-electron chi connectivity index (χ3n) is 4.32. The molecule has 3 rings (SSSR count). The summed E-state index contributed by atoms with van der Waals surface area (Å²) in [5, 5.41) is 0.973. The molecule has 1 aromatic heterocycles. The number of esters is 1. The van der Waals surface area contributed by atoms with Crippen molar-refractivity contribution in [1.82, 2.24) is 10.9 Å². The van der Waals surface area contributed by atoms with E-state index in [9.17, 15) is 14.4 Å². The number of fused-ring (bicyclic) bond motifs is 1. The fraction of sp³-hybridized carbons (Fsp3) is 0.190. The van der Waals surface area contributed by atoms with Crippen LogP contribution in [0.25, 0.3) is 10.1 Å². The van der Waals surface area contributed by atoms with E-state index < -0.39 is 24.4 Å². The van der Waals surface area contributed by atoms with Crippen molar-refractivity contribution in [2.45, 2.75) is 6.92 Å². The monoisotopic (exact) mass is 428 g/mol. The average molecular weight is 428 g/mol. The van der Waals surface area contributed by atoms with Crippen molar-refractivity contribution in [2.24, 2.45) is 0 Å². The molecule has 1 heterocycles. The fourth-order valence-electron chi connectivity index (χ4n) is 2.78. The largest absolute Gasteiger partial charge is 0.493 e. The smallest absolute Gasteiger partial charge is 0.349 e. The maximum atomic E-state index is 12.3. The van der Waals surface area contributed by atoms with Gasteiger partial charge in [0.05, 0.1) is 14.2 Å². The lowest BCUT2D eigenvalue weighted by atomic mass is 10.1. The van der Waals surface area contributed by atoms with Gasteiger partial charge in [-0.2, -0.15) is 0 Å². The predicted octanol–water partition coefficient (Wildman–Crippen LogP) is 2.84. The number of hydrogen-bond donors (Lipinski definition) is 2. The summed E-state index contributed by atoms with van der Waals surface area (Å²) in [5.74, 6) is -0.965. The van der Waals surface area contributed by atoms with Gasteiger partial charge < -0.3 is 14.2 Å². The van der Waals surface area contributed by atoms with Crippen molar-refractivity contribution in [1.29, 1.82) is 0 Å². The Morgan fingerprint density at radius 2 is 1.70 bits per heavy atom. The van der Waals surface area contributed by atoms with Crippen LogP contribution in [0.2, 0.25) is 0 Å². The number of nitrogens with one attached hydrogen (secondary N) is 2. The molecule has 30 heavy (non-hydrogen) atoms. The highest BCUT2D eigenvalue weighted by Crippen LogP contribution is 2.31. The van der Waals surface area contributed by atoms with Gasteiger partial charge in [-0.25, -0.2) is 4.79 Å². The molecule has 0 fully saturated rings. The Kier molecular flexibility index (Phi) is 6.53. The minimum Gasteiger partial charge on any atom is -0.493 e. The van der Waals surface area contributed by atoms with Crippen molar-refractivity contribution in [3.05, 3.63) is 58.5 Å². The molecule has 0 atom stereocenters. The number of ether oxygens (including phenoxy) is 3. The van der Waals surface area contributed by atoms with E-state index in [2.05, 4.69) is 10.9 Å². The molecule has 0 aliphatic rings. The Labute approximate surface area is 176 Å². The first-order valence-electron chi connectivity index (χ1n) is 8.91. The number of aryl methyl sites for hydroxylation is 1. The Bertz CT molecular complexity index is 1110. The van der Waals surface area contributed by atoms with Crippen LogP contribution in [0, 0.1) is 6.92 Å². The number of carbonyl (C=O) groups excluding carboxylic acids is 3. The van der Waals surface area contributed by atoms with E-state index in [4.69, 9.17) is 14.2 Å². The van der Waals surface area contributed by atoms with Crippen molar-refractivity contribution in [2.75, 3.05) is 20.8 Å². The molecule has 0 aliphatic heterocycles. The van der Waals surface area contributed by atoms with E-state index in [1.807, 2.05) is 31.2 Å². The van der Waals surface area contributed by atoms with Crippen molar-refractivity contribution < 1.29 is 28.6 Å². The minimum atomic E-state index is -0.670. The van der Waals surface area contributed by atoms with Crippen LogP contribution in [-0.4, -0.2) is 38.6 Å². The van der Waals surface area contributed by atoms with Gasteiger partial charge in [-0.3, -0.25) is 20.4 Å². The Hall–Kier alpha value is -3.59. The van der Waals surface area contributed by atoms with E-state index in [-0.39, 0.29) is 5.56 Å². The first kappa shape index (κ1) is 21.1. The van der Waals surface area contributed by atoms with Crippen molar-refractivity contribution in [3.63, 3.8) is 0 Å². The number of hydrazine groups is 1. The molecule has 2 amide bonds. The van der Waals surface area contributed by atoms with E-state index in [0.717, 1.165) is 15.6 Å². The SMILES string of the molecule is COc1ccc(C(=O)NNC(=O)COC(=O)c2sc3ccccc3c2C)cc1OC. The Morgan fingerprint density at radius 1 is 0.967 bits per heavy atom. The molecule has 0 bridgehead atoms. The molecule has 0 saturated carbocycles. The topological polar surface area (TPSA) is 103 Å². The summed E-state index contributed by atoms with van der Waals surface area (Å²) in [5.41, 5.74) is 5.53. The number of hydrogen-bond acceptors (Lipinski definition) is 7. The third-order valence-corrected chi connectivity index (χ3v) is 5.58. The van der Waals surface area contributed by atoms with Gasteiger partial charge in [-0.1, -0.05) is 18.2 Å². The predicted molar refractivity (Wildman–Crippen MR) is 112 cm³/mol. The molecule has 0 radical (unpaired) electrons. The van der Waals surface area contributed by atoms with Gasteiger partial charge in [-0.15, -0.1) is 11.3 Å². The van der Waals surface area contributed by atoms with E-state index in [1.165, 1.54) is 37.7 Å². The number of thiophene rings is 1. The molecule has 0 spiro atoms. The van der Waals surface area contributed by atoms with Crippen LogP contribution in [0.1, 0.15) is 25.6 Å². The summed E-state index contributed by atoms with van der Waals surface area (Å²) in [4.78, 5) is 36.9. The summed E-state index contributed by atoms with van der Waals surface area (Å²) in [6.45, 7) is 1.30. The molecular weight excluding hydrogens is 408 g/mol. The minimum absolute atomic E-state index is 0.255. The molecule has 156 valence electrons. The number of amides is 2. The summed E-state index contributed by atoms with van der Waals surface area (Å²) in [6.07, 6.45) is 0. The fourth-order valence-corrected chi connectivity index (χ4v) is 3.88. The zero-order valence-corrected chi connectivity index (χ0v) is 17.4. The summed E-state index contributed by atoms with van der Waals surface area (Å²) in [6, 6.07) is 12.2. The van der Waals surface area contributed by atoms with Gasteiger partial charge in [0.25, 0.3) is 11.8 Å². The van der Waals surface area contributed by atoms with Gasteiger partial charge in [0.2, 0.25) is 0 Å². The standard InChI is InChI=1S/C21H20N2O6S/c1-12-14-6-4-5-7-17(14)30-19(12)21(26)29-11-18(24)22-23-20(25)13-8-9-15(27-2)16(10-13)28-3/h4-10H,11H2,1-3H3,(H,22,24)(H,23,25). The molecule has 2 aromatic carbocycles. The number of benzene rings is 2. The van der Waals surface area contributed by atoms with Gasteiger partial charge in [-0.05, 0) is 42.1 Å². The lowest BCUT2D eigenvalue weighted by Gasteiger charge is -2.11. The Morgan fingerprint density at radius 3 is 2.40 bits per heavy atom. The molecular formula is C21H20N2O6S. The van der Waals surface area contributed by atoms with Gasteiger partial charge in [0.15, 0.2) is 18.1 Å². The first-order valence-corrected chi connectivity index (χ1v) is 9.72. The van der Waals surface area contributed by atoms with Crippen LogP contribution in [0.4, 0.5) is 0 Å². The number of carbonyl (C=O) groups is 3. The normalized spacial score (nSPS) is 10.4. The molecule has 3 aromatic rings. The van der Waals surface area contributed by atoms with Crippen LogP contribution < -0.4 is 20.3 Å². The lowest BCUT2D eigenvalue weighted by molar-refractivity contribution is -0.125. The molecule has 0 unspecified atom stereocenters.